The summed E-state index contributed by atoms with van der Waals surface area (Å²) in [6.07, 6.45) is 2.56. The smallest absolute Gasteiger partial charge is 0.189 e. The first-order valence-electron chi connectivity index (χ1n) is 5.10. The number of pyridine rings is 1. The van der Waals surface area contributed by atoms with Crippen LogP contribution in [0.3, 0.4) is 0 Å². The van der Waals surface area contributed by atoms with Gasteiger partial charge in [0.15, 0.2) is 5.11 Å². The molecule has 1 rings (SSSR count). The van der Waals surface area contributed by atoms with Gasteiger partial charge < -0.3 is 4.90 Å². The molecule has 16 heavy (non-hydrogen) atoms. The Kier molecular flexibility index (Phi) is 4.85. The van der Waals surface area contributed by atoms with Crippen LogP contribution in [0.2, 0.25) is 0 Å². The fourth-order valence-electron chi connectivity index (χ4n) is 1.07. The Morgan fingerprint density at radius 2 is 2.25 bits per heavy atom. The van der Waals surface area contributed by atoms with Gasteiger partial charge in [-0.3, -0.25) is 10.4 Å². The fourth-order valence-corrected chi connectivity index (χ4v) is 1.11. The lowest BCUT2D eigenvalue weighted by molar-refractivity contribution is 0.605. The fraction of sp³-hybridized carbons (Fsp3) is 0.364. The largest absolute Gasteiger partial charge is 0.354 e. The third-order valence-corrected chi connectivity index (χ3v) is 2.44. The third-order valence-electron chi connectivity index (χ3n) is 1.99. The molecule has 0 aromatic carbocycles. The number of hydrogen-bond donors (Lipinski definition) is 1. The van der Waals surface area contributed by atoms with Gasteiger partial charge in [-0.05, 0) is 30.8 Å². The van der Waals surface area contributed by atoms with Crippen molar-refractivity contribution >= 4 is 23.0 Å². The van der Waals surface area contributed by atoms with Crippen LogP contribution in [0.1, 0.15) is 19.0 Å². The molecule has 1 aromatic heterocycles. The normalized spacial score (nSPS) is 11.1. The van der Waals surface area contributed by atoms with E-state index >= 15 is 0 Å². The Balaban J connectivity index is 2.76. The molecule has 0 atom stereocenters. The molecule has 0 amide bonds. The molecule has 0 aliphatic carbocycles. The zero-order valence-corrected chi connectivity index (χ0v) is 10.6. The van der Waals surface area contributed by atoms with Gasteiger partial charge in [0.2, 0.25) is 0 Å². The van der Waals surface area contributed by atoms with E-state index in [0.29, 0.717) is 5.11 Å². The lowest BCUT2D eigenvalue weighted by atomic mass is 10.2. The highest BCUT2D eigenvalue weighted by atomic mass is 32.1. The summed E-state index contributed by atoms with van der Waals surface area (Å²) in [5.74, 6) is 0. The molecular weight excluding hydrogens is 220 g/mol. The molecule has 0 aliphatic rings. The molecule has 0 unspecified atom stereocenters. The van der Waals surface area contributed by atoms with E-state index in [9.17, 15) is 0 Å². The molecule has 1 heterocycles. The molecule has 0 saturated heterocycles. The maximum Gasteiger partial charge on any atom is 0.189 e. The Hall–Kier alpha value is -1.49. The van der Waals surface area contributed by atoms with Crippen LogP contribution >= 0.6 is 12.2 Å². The summed E-state index contributed by atoms with van der Waals surface area (Å²) >= 11 is 5.08. The van der Waals surface area contributed by atoms with Crippen LogP contribution in [-0.4, -0.2) is 34.8 Å². The molecule has 5 heteroatoms. The second-order valence-corrected chi connectivity index (χ2v) is 3.83. The lowest BCUT2D eigenvalue weighted by Crippen LogP contribution is -2.31. The number of nitrogens with zero attached hydrogens (tertiary/aromatic N) is 3. The molecule has 86 valence electrons. The van der Waals surface area contributed by atoms with Gasteiger partial charge in [-0.15, -0.1) is 0 Å². The van der Waals surface area contributed by atoms with E-state index < -0.39 is 0 Å². The predicted molar refractivity (Wildman–Crippen MR) is 70.5 cm³/mol. The van der Waals surface area contributed by atoms with Crippen LogP contribution < -0.4 is 5.43 Å². The molecule has 0 saturated carbocycles. The van der Waals surface area contributed by atoms with Gasteiger partial charge in [0.1, 0.15) is 0 Å². The van der Waals surface area contributed by atoms with Crippen molar-refractivity contribution < 1.29 is 0 Å². The molecule has 0 spiro atoms. The highest BCUT2D eigenvalue weighted by molar-refractivity contribution is 7.80. The molecule has 4 nitrogen and oxygen atoms in total. The molecule has 1 aromatic rings. The minimum atomic E-state index is 0.585. The van der Waals surface area contributed by atoms with E-state index in [-0.39, 0.29) is 0 Å². The van der Waals surface area contributed by atoms with Crippen LogP contribution in [0.5, 0.6) is 0 Å². The van der Waals surface area contributed by atoms with Crippen LogP contribution in [0.4, 0.5) is 0 Å². The molecule has 1 N–H and O–H groups in total. The first-order valence-corrected chi connectivity index (χ1v) is 5.51. The van der Waals surface area contributed by atoms with E-state index in [1.807, 2.05) is 39.2 Å². The first-order chi connectivity index (χ1) is 7.65. The molecule has 0 fully saturated rings. The van der Waals surface area contributed by atoms with E-state index in [1.54, 1.807) is 11.1 Å². The van der Waals surface area contributed by atoms with Gasteiger partial charge >= 0.3 is 0 Å². The average molecular weight is 236 g/mol. The summed E-state index contributed by atoms with van der Waals surface area (Å²) in [6, 6.07) is 5.76. The Morgan fingerprint density at radius 3 is 2.75 bits per heavy atom. The van der Waals surface area contributed by atoms with Crippen LogP contribution in [0.25, 0.3) is 0 Å². The van der Waals surface area contributed by atoms with Gasteiger partial charge in [0, 0.05) is 20.3 Å². The van der Waals surface area contributed by atoms with Crippen LogP contribution in [0, 0.1) is 0 Å². The number of hydrazone groups is 1. The van der Waals surface area contributed by atoms with Gasteiger partial charge in [0.05, 0.1) is 11.4 Å². The summed E-state index contributed by atoms with van der Waals surface area (Å²) in [7, 11) is 3.74. The summed E-state index contributed by atoms with van der Waals surface area (Å²) in [4.78, 5) is 6.04. The third kappa shape index (κ3) is 3.58. The highest BCUT2D eigenvalue weighted by Crippen LogP contribution is 1.99. The first kappa shape index (κ1) is 12.6. The number of hydrogen-bond acceptors (Lipinski definition) is 3. The maximum atomic E-state index is 5.08. The van der Waals surface area contributed by atoms with Gasteiger partial charge in [0.25, 0.3) is 0 Å². The van der Waals surface area contributed by atoms with Crippen LogP contribution in [0.15, 0.2) is 29.5 Å². The second-order valence-electron chi connectivity index (χ2n) is 3.44. The van der Waals surface area contributed by atoms with E-state index in [0.717, 1.165) is 17.8 Å². The van der Waals surface area contributed by atoms with E-state index in [1.165, 1.54) is 0 Å². The number of nitrogens with one attached hydrogen (secondary N) is 1. The summed E-state index contributed by atoms with van der Waals surface area (Å²) < 4.78 is 0. The topological polar surface area (TPSA) is 40.5 Å². The number of rotatable bonds is 3. The molecule has 0 bridgehead atoms. The highest BCUT2D eigenvalue weighted by Gasteiger charge is 2.02. The lowest BCUT2D eigenvalue weighted by Gasteiger charge is -2.13. The van der Waals surface area contributed by atoms with Crippen molar-refractivity contribution in [2.45, 2.75) is 13.3 Å². The Bertz CT molecular complexity index is 373. The van der Waals surface area contributed by atoms with Crippen molar-refractivity contribution in [2.24, 2.45) is 5.10 Å². The maximum absolute atomic E-state index is 5.08. The van der Waals surface area contributed by atoms with Gasteiger partial charge in [-0.1, -0.05) is 13.0 Å². The van der Waals surface area contributed by atoms with Gasteiger partial charge in [-0.25, -0.2) is 0 Å². The van der Waals surface area contributed by atoms with Crippen molar-refractivity contribution in [3.63, 3.8) is 0 Å². The average Bonchev–Trinajstić information content (AvgIpc) is 2.30. The van der Waals surface area contributed by atoms with E-state index in [4.69, 9.17) is 12.2 Å². The zero-order valence-electron chi connectivity index (χ0n) is 9.77. The second kappa shape index (κ2) is 6.17. The minimum Gasteiger partial charge on any atom is -0.354 e. The van der Waals surface area contributed by atoms with Crippen molar-refractivity contribution in [3.05, 3.63) is 30.1 Å². The Labute approximate surface area is 101 Å². The van der Waals surface area contributed by atoms with Crippen LogP contribution in [-0.2, 0) is 0 Å². The quantitative estimate of drug-likeness (QED) is 0.492. The SMILES string of the molecule is CC/C(=N\NC(=S)N(C)C)c1ccccn1. The molecule has 0 aliphatic heterocycles. The van der Waals surface area contributed by atoms with E-state index in [2.05, 4.69) is 15.5 Å². The standard InChI is InChI=1S/C11H16N4S/c1-4-9(10-7-5-6-8-12-10)13-14-11(16)15(2)3/h5-8H,4H2,1-3H3,(H,14,16)/b13-9+. The minimum absolute atomic E-state index is 0.585. The Morgan fingerprint density at radius 1 is 1.50 bits per heavy atom. The number of aromatic nitrogens is 1. The molecule has 0 radical (unpaired) electrons. The van der Waals surface area contributed by atoms with Gasteiger partial charge in [-0.2, -0.15) is 5.10 Å². The van der Waals surface area contributed by atoms with Crippen molar-refractivity contribution in [1.82, 2.24) is 15.3 Å². The molecular formula is C11H16N4S. The van der Waals surface area contributed by atoms with Crippen molar-refractivity contribution in [2.75, 3.05) is 14.1 Å². The summed E-state index contributed by atoms with van der Waals surface area (Å²) in [5, 5.41) is 4.84. The summed E-state index contributed by atoms with van der Waals surface area (Å²) in [5.41, 5.74) is 4.60. The zero-order chi connectivity index (χ0) is 12.0. The van der Waals surface area contributed by atoms with Crippen molar-refractivity contribution in [1.29, 1.82) is 0 Å². The van der Waals surface area contributed by atoms with Crippen molar-refractivity contribution in [3.8, 4) is 0 Å². The number of thiocarbonyl (C=S) groups is 1. The monoisotopic (exact) mass is 236 g/mol. The predicted octanol–water partition coefficient (Wildman–Crippen LogP) is 1.63. The summed E-state index contributed by atoms with van der Waals surface area (Å²) in [6.45, 7) is 2.04.